The molecule has 2 aliphatic rings. The summed E-state index contributed by atoms with van der Waals surface area (Å²) in [5, 5.41) is 0. The molecule has 0 heterocycles. The Balaban J connectivity index is 2.20. The van der Waals surface area contributed by atoms with Crippen molar-refractivity contribution < 1.29 is 4.79 Å². The van der Waals surface area contributed by atoms with E-state index in [4.69, 9.17) is 0 Å². The first-order valence-corrected chi connectivity index (χ1v) is 6.84. The summed E-state index contributed by atoms with van der Waals surface area (Å²) < 4.78 is 0. The lowest BCUT2D eigenvalue weighted by Crippen LogP contribution is -2.54. The van der Waals surface area contributed by atoms with E-state index in [2.05, 4.69) is 47.1 Å². The molecular weight excluding hydrogens is 264 g/mol. The molecule has 1 saturated carbocycles. The Kier molecular flexibility index (Phi) is 2.25. The predicted molar refractivity (Wildman–Crippen MR) is 68.1 cm³/mol. The first kappa shape index (κ1) is 10.5. The van der Waals surface area contributed by atoms with Crippen molar-refractivity contribution in [3.05, 3.63) is 35.4 Å². The van der Waals surface area contributed by atoms with Gasteiger partial charge in [-0.1, -0.05) is 47.1 Å². The van der Waals surface area contributed by atoms with Crippen LogP contribution in [0.3, 0.4) is 0 Å². The third-order valence-electron chi connectivity index (χ3n) is 4.31. The zero-order valence-corrected chi connectivity index (χ0v) is 11.0. The van der Waals surface area contributed by atoms with Crippen LogP contribution in [-0.4, -0.2) is 10.6 Å². The number of hydrogen-bond acceptors (Lipinski definition) is 1. The van der Waals surface area contributed by atoms with Gasteiger partial charge in [-0.15, -0.1) is 0 Å². The SMILES string of the molecule is CC1C[C@H](Br)[C@@]2(CCC2=O)c2ccccc21. The van der Waals surface area contributed by atoms with Crippen molar-refractivity contribution in [1.82, 2.24) is 0 Å². The fourth-order valence-electron chi connectivity index (χ4n) is 3.25. The van der Waals surface area contributed by atoms with Gasteiger partial charge in [0.15, 0.2) is 0 Å². The third kappa shape index (κ3) is 1.14. The number of carbonyl (C=O) groups is 1. The Morgan fingerprint density at radius 1 is 1.38 bits per heavy atom. The zero-order valence-electron chi connectivity index (χ0n) is 9.37. The summed E-state index contributed by atoms with van der Waals surface area (Å²) in [6.07, 6.45) is 2.85. The molecule has 1 fully saturated rings. The molecule has 3 rings (SSSR count). The van der Waals surface area contributed by atoms with E-state index in [-0.39, 0.29) is 5.41 Å². The van der Waals surface area contributed by atoms with Gasteiger partial charge in [-0.2, -0.15) is 0 Å². The van der Waals surface area contributed by atoms with E-state index in [1.54, 1.807) is 0 Å². The highest BCUT2D eigenvalue weighted by Gasteiger charge is 2.55. The molecular formula is C14H15BrO. The molecule has 0 N–H and O–H groups in total. The summed E-state index contributed by atoms with van der Waals surface area (Å²) in [4.78, 5) is 12.4. The van der Waals surface area contributed by atoms with Crippen LogP contribution in [0.4, 0.5) is 0 Å². The third-order valence-corrected chi connectivity index (χ3v) is 5.47. The van der Waals surface area contributed by atoms with Crippen LogP contribution in [0.5, 0.6) is 0 Å². The average molecular weight is 279 g/mol. The number of fused-ring (bicyclic) bond motifs is 2. The number of benzene rings is 1. The predicted octanol–water partition coefficient (Wildman–Crippen LogP) is 3.56. The molecule has 1 nitrogen and oxygen atoms in total. The van der Waals surface area contributed by atoms with Gasteiger partial charge in [0.25, 0.3) is 0 Å². The summed E-state index contributed by atoms with van der Waals surface area (Å²) in [6.45, 7) is 2.25. The van der Waals surface area contributed by atoms with Crippen molar-refractivity contribution in [3.63, 3.8) is 0 Å². The Morgan fingerprint density at radius 2 is 2.12 bits per heavy atom. The minimum Gasteiger partial charge on any atom is -0.299 e. The lowest BCUT2D eigenvalue weighted by Gasteiger charge is -2.49. The van der Waals surface area contributed by atoms with Gasteiger partial charge in [-0.05, 0) is 29.9 Å². The zero-order chi connectivity index (χ0) is 11.3. The number of Topliss-reactive ketones (excluding diaryl/α,β-unsaturated/α-hetero) is 1. The van der Waals surface area contributed by atoms with Crippen LogP contribution in [0.15, 0.2) is 24.3 Å². The van der Waals surface area contributed by atoms with E-state index >= 15 is 0 Å². The molecule has 1 spiro atoms. The molecule has 0 radical (unpaired) electrons. The maximum Gasteiger partial charge on any atom is 0.144 e. The second-order valence-electron chi connectivity index (χ2n) is 5.09. The molecule has 3 atom stereocenters. The fourth-order valence-corrected chi connectivity index (χ4v) is 4.54. The van der Waals surface area contributed by atoms with Crippen molar-refractivity contribution in [2.45, 2.75) is 42.3 Å². The Labute approximate surface area is 104 Å². The summed E-state index contributed by atoms with van der Waals surface area (Å²) in [5.74, 6) is 0.980. The Hall–Kier alpha value is -0.630. The van der Waals surface area contributed by atoms with Crippen molar-refractivity contribution in [2.24, 2.45) is 0 Å². The average Bonchev–Trinajstić information content (AvgIpc) is 2.27. The molecule has 1 aromatic rings. The van der Waals surface area contributed by atoms with Gasteiger partial charge < -0.3 is 0 Å². The van der Waals surface area contributed by atoms with Gasteiger partial charge in [0, 0.05) is 11.2 Å². The smallest absolute Gasteiger partial charge is 0.144 e. The summed E-state index contributed by atoms with van der Waals surface area (Å²) in [5.41, 5.74) is 2.47. The maximum absolute atomic E-state index is 12.1. The molecule has 1 aromatic carbocycles. The van der Waals surface area contributed by atoms with E-state index in [1.807, 2.05) is 0 Å². The number of alkyl halides is 1. The van der Waals surface area contributed by atoms with Crippen molar-refractivity contribution in [3.8, 4) is 0 Å². The minimum absolute atomic E-state index is 0.191. The van der Waals surface area contributed by atoms with Crippen molar-refractivity contribution in [2.75, 3.05) is 0 Å². The summed E-state index contributed by atoms with van der Waals surface area (Å²) in [6, 6.07) is 8.48. The molecule has 0 amide bonds. The molecule has 84 valence electrons. The topological polar surface area (TPSA) is 17.1 Å². The van der Waals surface area contributed by atoms with Gasteiger partial charge in [-0.3, -0.25) is 4.79 Å². The molecule has 0 saturated heterocycles. The highest BCUT2D eigenvalue weighted by atomic mass is 79.9. The first-order chi connectivity index (χ1) is 7.66. The van der Waals surface area contributed by atoms with E-state index in [9.17, 15) is 4.79 Å². The van der Waals surface area contributed by atoms with Crippen LogP contribution in [-0.2, 0) is 10.2 Å². The van der Waals surface area contributed by atoms with Crippen LogP contribution in [0.25, 0.3) is 0 Å². The molecule has 2 aliphatic carbocycles. The van der Waals surface area contributed by atoms with Gasteiger partial charge >= 0.3 is 0 Å². The number of carbonyl (C=O) groups excluding carboxylic acids is 1. The quantitative estimate of drug-likeness (QED) is 0.664. The molecule has 2 heteroatoms. The van der Waals surface area contributed by atoms with Gasteiger partial charge in [0.2, 0.25) is 0 Å². The van der Waals surface area contributed by atoms with Crippen LogP contribution in [0, 0.1) is 0 Å². The lowest BCUT2D eigenvalue weighted by molar-refractivity contribution is -0.132. The van der Waals surface area contributed by atoms with Crippen molar-refractivity contribution >= 4 is 21.7 Å². The number of ketones is 1. The van der Waals surface area contributed by atoms with E-state index < -0.39 is 0 Å². The highest BCUT2D eigenvalue weighted by Crippen LogP contribution is 2.54. The van der Waals surface area contributed by atoms with E-state index in [0.717, 1.165) is 19.3 Å². The summed E-state index contributed by atoms with van der Waals surface area (Å²) >= 11 is 3.75. The molecule has 0 aromatic heterocycles. The fraction of sp³-hybridized carbons (Fsp3) is 0.500. The van der Waals surface area contributed by atoms with Crippen LogP contribution in [0.2, 0.25) is 0 Å². The van der Waals surface area contributed by atoms with Crippen LogP contribution < -0.4 is 0 Å². The summed E-state index contributed by atoms with van der Waals surface area (Å²) in [7, 11) is 0. The van der Waals surface area contributed by atoms with Crippen LogP contribution >= 0.6 is 15.9 Å². The standard InChI is InChI=1S/C14H15BrO/c1-9-8-12(15)14(7-6-13(14)16)11-5-3-2-4-10(9)11/h2-5,9,12H,6-8H2,1H3/t9?,12-,14+/m0/s1. The minimum atomic E-state index is -0.191. The van der Waals surface area contributed by atoms with Gasteiger partial charge in [0.1, 0.15) is 5.78 Å². The Morgan fingerprint density at radius 3 is 2.75 bits per heavy atom. The second-order valence-corrected chi connectivity index (χ2v) is 6.19. The second kappa shape index (κ2) is 3.43. The molecule has 1 unspecified atom stereocenters. The monoisotopic (exact) mass is 278 g/mol. The normalized spacial score (nSPS) is 37.0. The van der Waals surface area contributed by atoms with E-state index in [1.165, 1.54) is 11.1 Å². The molecule has 0 aliphatic heterocycles. The lowest BCUT2D eigenvalue weighted by atomic mass is 9.56. The number of rotatable bonds is 0. The van der Waals surface area contributed by atoms with Crippen molar-refractivity contribution in [1.29, 1.82) is 0 Å². The largest absolute Gasteiger partial charge is 0.299 e. The first-order valence-electron chi connectivity index (χ1n) is 5.93. The Bertz CT molecular complexity index is 454. The highest BCUT2D eigenvalue weighted by molar-refractivity contribution is 9.09. The molecule has 0 bridgehead atoms. The van der Waals surface area contributed by atoms with Gasteiger partial charge in [-0.25, -0.2) is 0 Å². The van der Waals surface area contributed by atoms with E-state index in [0.29, 0.717) is 16.5 Å². The number of hydrogen-bond donors (Lipinski definition) is 0. The molecule has 16 heavy (non-hydrogen) atoms. The number of halogens is 1. The van der Waals surface area contributed by atoms with Gasteiger partial charge in [0.05, 0.1) is 5.41 Å². The van der Waals surface area contributed by atoms with Crippen LogP contribution in [0.1, 0.15) is 43.2 Å². The maximum atomic E-state index is 12.1.